The third-order valence-electron chi connectivity index (χ3n) is 2.87. The molecule has 0 spiro atoms. The van der Waals surface area contributed by atoms with E-state index in [2.05, 4.69) is 53.3 Å². The van der Waals surface area contributed by atoms with Crippen molar-refractivity contribution in [1.82, 2.24) is 10.3 Å². The van der Waals surface area contributed by atoms with Crippen molar-refractivity contribution in [3.63, 3.8) is 0 Å². The van der Waals surface area contributed by atoms with Crippen molar-refractivity contribution in [2.75, 3.05) is 6.54 Å². The number of hydrogen-bond acceptors (Lipinski definition) is 2. The van der Waals surface area contributed by atoms with Crippen molar-refractivity contribution in [1.29, 1.82) is 0 Å². The van der Waals surface area contributed by atoms with Gasteiger partial charge >= 0.3 is 0 Å². The Hall–Kier alpha value is -1.93. The SMILES string of the molecule is C=CCCNC(c1ccccc1)c1ccncc1. The maximum Gasteiger partial charge on any atom is 0.0577 e. The highest BCUT2D eigenvalue weighted by atomic mass is 14.9. The van der Waals surface area contributed by atoms with Gasteiger partial charge in [-0.3, -0.25) is 4.98 Å². The molecular weight excluding hydrogens is 220 g/mol. The second kappa shape index (κ2) is 6.72. The van der Waals surface area contributed by atoms with Gasteiger partial charge in [0.2, 0.25) is 0 Å². The lowest BCUT2D eigenvalue weighted by molar-refractivity contribution is 0.610. The fourth-order valence-electron chi connectivity index (χ4n) is 1.96. The molecule has 0 aliphatic carbocycles. The molecule has 1 heterocycles. The van der Waals surface area contributed by atoms with Gasteiger partial charge in [-0.25, -0.2) is 0 Å². The average molecular weight is 238 g/mol. The lowest BCUT2D eigenvalue weighted by Crippen LogP contribution is -2.23. The van der Waals surface area contributed by atoms with Crippen LogP contribution < -0.4 is 5.32 Å². The Balaban J connectivity index is 2.21. The maximum atomic E-state index is 4.07. The second-order valence-corrected chi connectivity index (χ2v) is 4.16. The normalized spacial score (nSPS) is 12.0. The molecule has 1 unspecified atom stereocenters. The summed E-state index contributed by atoms with van der Waals surface area (Å²) in [5.41, 5.74) is 2.51. The number of pyridine rings is 1. The van der Waals surface area contributed by atoms with E-state index >= 15 is 0 Å². The van der Waals surface area contributed by atoms with Gasteiger partial charge in [0.05, 0.1) is 6.04 Å². The fraction of sp³-hybridized carbons (Fsp3) is 0.188. The van der Waals surface area contributed by atoms with Crippen molar-refractivity contribution in [3.05, 3.63) is 78.6 Å². The molecule has 0 fully saturated rings. The van der Waals surface area contributed by atoms with Crippen molar-refractivity contribution >= 4 is 0 Å². The summed E-state index contributed by atoms with van der Waals surface area (Å²) >= 11 is 0. The standard InChI is InChI=1S/C16H18N2/c1-2-3-11-18-16(14-7-5-4-6-8-14)15-9-12-17-13-10-15/h2,4-10,12-13,16,18H,1,3,11H2. The van der Waals surface area contributed by atoms with E-state index in [-0.39, 0.29) is 6.04 Å². The molecule has 1 aromatic heterocycles. The van der Waals surface area contributed by atoms with Crippen molar-refractivity contribution in [2.24, 2.45) is 0 Å². The van der Waals surface area contributed by atoms with Gasteiger partial charge in [-0.2, -0.15) is 0 Å². The summed E-state index contributed by atoms with van der Waals surface area (Å²) in [5, 5.41) is 3.55. The van der Waals surface area contributed by atoms with Gasteiger partial charge in [-0.05, 0) is 36.2 Å². The zero-order valence-electron chi connectivity index (χ0n) is 10.4. The summed E-state index contributed by atoms with van der Waals surface area (Å²) in [6.07, 6.45) is 6.57. The summed E-state index contributed by atoms with van der Waals surface area (Å²) in [7, 11) is 0. The molecule has 1 atom stereocenters. The monoisotopic (exact) mass is 238 g/mol. The number of hydrogen-bond donors (Lipinski definition) is 1. The minimum atomic E-state index is 0.217. The lowest BCUT2D eigenvalue weighted by atomic mass is 9.99. The van der Waals surface area contributed by atoms with Gasteiger partial charge in [0, 0.05) is 12.4 Å². The summed E-state index contributed by atoms with van der Waals surface area (Å²) in [5.74, 6) is 0. The molecule has 2 rings (SSSR count). The molecule has 0 saturated heterocycles. The van der Waals surface area contributed by atoms with Crippen LogP contribution in [0.4, 0.5) is 0 Å². The van der Waals surface area contributed by atoms with Crippen LogP contribution in [0.3, 0.4) is 0 Å². The predicted octanol–water partition coefficient (Wildman–Crippen LogP) is 3.34. The van der Waals surface area contributed by atoms with Crippen LogP contribution in [0.25, 0.3) is 0 Å². The van der Waals surface area contributed by atoms with Gasteiger partial charge in [0.1, 0.15) is 0 Å². The number of rotatable bonds is 6. The van der Waals surface area contributed by atoms with Crippen LogP contribution in [0.1, 0.15) is 23.6 Å². The molecule has 0 aliphatic rings. The zero-order valence-corrected chi connectivity index (χ0v) is 10.4. The fourth-order valence-corrected chi connectivity index (χ4v) is 1.96. The van der Waals surface area contributed by atoms with E-state index in [0.29, 0.717) is 0 Å². The van der Waals surface area contributed by atoms with E-state index in [4.69, 9.17) is 0 Å². The maximum absolute atomic E-state index is 4.07. The van der Waals surface area contributed by atoms with Crippen molar-refractivity contribution < 1.29 is 0 Å². The predicted molar refractivity (Wildman–Crippen MR) is 75.3 cm³/mol. The van der Waals surface area contributed by atoms with Crippen LogP contribution in [-0.4, -0.2) is 11.5 Å². The van der Waals surface area contributed by atoms with Gasteiger partial charge in [-0.1, -0.05) is 36.4 Å². The number of benzene rings is 1. The van der Waals surface area contributed by atoms with E-state index in [1.54, 1.807) is 0 Å². The summed E-state index contributed by atoms with van der Waals surface area (Å²) < 4.78 is 0. The molecule has 92 valence electrons. The molecule has 2 heteroatoms. The Morgan fingerprint density at radius 1 is 1.06 bits per heavy atom. The number of aromatic nitrogens is 1. The molecule has 18 heavy (non-hydrogen) atoms. The minimum absolute atomic E-state index is 0.217. The van der Waals surface area contributed by atoms with Crippen molar-refractivity contribution in [2.45, 2.75) is 12.5 Å². The van der Waals surface area contributed by atoms with E-state index in [0.717, 1.165) is 13.0 Å². The zero-order chi connectivity index (χ0) is 12.6. The Bertz CT molecular complexity index is 425. The molecule has 1 aromatic carbocycles. The van der Waals surface area contributed by atoms with Gasteiger partial charge in [0.15, 0.2) is 0 Å². The first-order valence-electron chi connectivity index (χ1n) is 6.21. The minimum Gasteiger partial charge on any atom is -0.306 e. The highest BCUT2D eigenvalue weighted by Gasteiger charge is 2.12. The van der Waals surface area contributed by atoms with E-state index in [1.165, 1.54) is 11.1 Å². The molecular formula is C16H18N2. The Morgan fingerprint density at radius 2 is 1.72 bits per heavy atom. The highest BCUT2D eigenvalue weighted by molar-refractivity contribution is 5.30. The van der Waals surface area contributed by atoms with Crippen LogP contribution in [0.15, 0.2) is 67.5 Å². The Kier molecular flexibility index (Phi) is 4.68. The molecule has 0 aliphatic heterocycles. The Labute approximate surface area is 108 Å². The lowest BCUT2D eigenvalue weighted by Gasteiger charge is -2.19. The van der Waals surface area contributed by atoms with E-state index in [1.807, 2.05) is 24.5 Å². The average Bonchev–Trinajstić information content (AvgIpc) is 2.46. The second-order valence-electron chi connectivity index (χ2n) is 4.16. The van der Waals surface area contributed by atoms with Crippen LogP contribution >= 0.6 is 0 Å². The van der Waals surface area contributed by atoms with Gasteiger partial charge in [0.25, 0.3) is 0 Å². The first-order chi connectivity index (χ1) is 8.92. The summed E-state index contributed by atoms with van der Waals surface area (Å²) in [6, 6.07) is 14.8. The quantitative estimate of drug-likeness (QED) is 0.616. The molecule has 0 amide bonds. The summed E-state index contributed by atoms with van der Waals surface area (Å²) in [4.78, 5) is 4.07. The largest absolute Gasteiger partial charge is 0.306 e. The van der Waals surface area contributed by atoms with E-state index < -0.39 is 0 Å². The van der Waals surface area contributed by atoms with Crippen LogP contribution in [-0.2, 0) is 0 Å². The number of nitrogens with zero attached hydrogens (tertiary/aromatic N) is 1. The van der Waals surface area contributed by atoms with Gasteiger partial charge in [-0.15, -0.1) is 6.58 Å². The highest BCUT2D eigenvalue weighted by Crippen LogP contribution is 2.20. The third-order valence-corrected chi connectivity index (χ3v) is 2.87. The first-order valence-corrected chi connectivity index (χ1v) is 6.21. The first kappa shape index (κ1) is 12.5. The third kappa shape index (κ3) is 3.28. The molecule has 0 radical (unpaired) electrons. The van der Waals surface area contributed by atoms with Gasteiger partial charge < -0.3 is 5.32 Å². The molecule has 0 saturated carbocycles. The Morgan fingerprint density at radius 3 is 2.39 bits per heavy atom. The van der Waals surface area contributed by atoms with Crippen molar-refractivity contribution in [3.8, 4) is 0 Å². The van der Waals surface area contributed by atoms with Crippen LogP contribution in [0, 0.1) is 0 Å². The van der Waals surface area contributed by atoms with Crippen LogP contribution in [0.5, 0.6) is 0 Å². The molecule has 2 nitrogen and oxygen atoms in total. The van der Waals surface area contributed by atoms with E-state index in [9.17, 15) is 0 Å². The number of nitrogens with one attached hydrogen (secondary N) is 1. The molecule has 1 N–H and O–H groups in total. The topological polar surface area (TPSA) is 24.9 Å². The van der Waals surface area contributed by atoms with Crippen LogP contribution in [0.2, 0.25) is 0 Å². The molecule has 0 bridgehead atoms. The smallest absolute Gasteiger partial charge is 0.0577 e. The molecule has 2 aromatic rings. The summed E-state index contributed by atoms with van der Waals surface area (Å²) in [6.45, 7) is 4.68.